The van der Waals surface area contributed by atoms with E-state index >= 15 is 0 Å². The predicted molar refractivity (Wildman–Crippen MR) is 82.4 cm³/mol. The van der Waals surface area contributed by atoms with Gasteiger partial charge in [-0.25, -0.2) is 4.79 Å². The molecule has 0 saturated carbocycles. The molecule has 0 aliphatic carbocycles. The molecule has 1 aromatic carbocycles. The second-order valence-electron chi connectivity index (χ2n) is 4.75. The minimum atomic E-state index is -0.466. The third-order valence-corrected chi connectivity index (χ3v) is 3.97. The van der Waals surface area contributed by atoms with Gasteiger partial charge >= 0.3 is 5.97 Å². The smallest absolute Gasteiger partial charge is 0.348 e. The highest BCUT2D eigenvalue weighted by molar-refractivity contribution is 7.11. The lowest BCUT2D eigenvalue weighted by molar-refractivity contribution is -0.124. The summed E-state index contributed by atoms with van der Waals surface area (Å²) < 4.78 is 4.94. The maximum absolute atomic E-state index is 11.7. The summed E-state index contributed by atoms with van der Waals surface area (Å²) in [5.41, 5.74) is 3.43. The maximum Gasteiger partial charge on any atom is 0.348 e. The molecule has 1 N–H and O–H groups in total. The summed E-state index contributed by atoms with van der Waals surface area (Å²) in [6, 6.07) is 9.46. The van der Waals surface area contributed by atoms with Crippen LogP contribution in [0.25, 0.3) is 0 Å². The van der Waals surface area contributed by atoms with Gasteiger partial charge in [0.2, 0.25) is 0 Å². The summed E-state index contributed by atoms with van der Waals surface area (Å²) in [7, 11) is 0. The standard InChI is InChI=1S/C16H17NO3S/c1-11-5-6-13(8-12(11)2)9-17-15(18)10-20-16(19)14-4-3-7-21-14/h3-8H,9-10H2,1-2H3,(H,17,18). The molecule has 0 atom stereocenters. The second-order valence-corrected chi connectivity index (χ2v) is 5.70. The number of hydrogen-bond donors (Lipinski definition) is 1. The van der Waals surface area contributed by atoms with E-state index in [1.807, 2.05) is 32.0 Å². The fourth-order valence-corrected chi connectivity index (χ4v) is 2.38. The molecule has 21 heavy (non-hydrogen) atoms. The van der Waals surface area contributed by atoms with Crippen molar-refractivity contribution in [2.24, 2.45) is 0 Å². The summed E-state index contributed by atoms with van der Waals surface area (Å²) >= 11 is 1.29. The lowest BCUT2D eigenvalue weighted by Gasteiger charge is -2.08. The van der Waals surface area contributed by atoms with Gasteiger partial charge in [0.05, 0.1) is 0 Å². The average Bonchev–Trinajstić information content (AvgIpc) is 3.00. The highest BCUT2D eigenvalue weighted by atomic mass is 32.1. The molecular weight excluding hydrogens is 286 g/mol. The number of carbonyl (C=O) groups is 2. The number of rotatable bonds is 5. The van der Waals surface area contributed by atoms with Gasteiger partial charge in [0.1, 0.15) is 4.88 Å². The Labute approximate surface area is 127 Å². The molecule has 0 aliphatic heterocycles. The Balaban J connectivity index is 1.77. The minimum Gasteiger partial charge on any atom is -0.451 e. The third-order valence-electron chi connectivity index (χ3n) is 3.12. The lowest BCUT2D eigenvalue weighted by Crippen LogP contribution is -2.28. The number of nitrogens with one attached hydrogen (secondary N) is 1. The van der Waals surface area contributed by atoms with Crippen LogP contribution in [0.2, 0.25) is 0 Å². The molecule has 110 valence electrons. The van der Waals surface area contributed by atoms with Crippen molar-refractivity contribution in [3.8, 4) is 0 Å². The van der Waals surface area contributed by atoms with E-state index in [4.69, 9.17) is 4.74 Å². The van der Waals surface area contributed by atoms with Crippen molar-refractivity contribution >= 4 is 23.2 Å². The number of aryl methyl sites for hydroxylation is 2. The Kier molecular flexibility index (Phi) is 5.11. The molecule has 5 heteroatoms. The monoisotopic (exact) mass is 303 g/mol. The average molecular weight is 303 g/mol. The van der Waals surface area contributed by atoms with Gasteiger partial charge in [-0.2, -0.15) is 0 Å². The quantitative estimate of drug-likeness (QED) is 0.864. The number of amides is 1. The van der Waals surface area contributed by atoms with E-state index < -0.39 is 5.97 Å². The van der Waals surface area contributed by atoms with Crippen molar-refractivity contribution < 1.29 is 14.3 Å². The van der Waals surface area contributed by atoms with Gasteiger partial charge in [-0.15, -0.1) is 11.3 Å². The van der Waals surface area contributed by atoms with Gasteiger partial charge in [0.15, 0.2) is 6.61 Å². The largest absolute Gasteiger partial charge is 0.451 e. The molecular formula is C16H17NO3S. The number of hydrogen-bond acceptors (Lipinski definition) is 4. The molecule has 0 unspecified atom stereocenters. The molecule has 0 saturated heterocycles. The molecule has 0 radical (unpaired) electrons. The fourth-order valence-electron chi connectivity index (χ4n) is 1.76. The fraction of sp³-hybridized carbons (Fsp3) is 0.250. The van der Waals surface area contributed by atoms with E-state index in [1.165, 1.54) is 22.5 Å². The van der Waals surface area contributed by atoms with Crippen LogP contribution in [-0.4, -0.2) is 18.5 Å². The molecule has 4 nitrogen and oxygen atoms in total. The zero-order valence-corrected chi connectivity index (χ0v) is 12.8. The van der Waals surface area contributed by atoms with Crippen LogP contribution in [0.15, 0.2) is 35.7 Å². The van der Waals surface area contributed by atoms with Crippen LogP contribution >= 0.6 is 11.3 Å². The first-order valence-corrected chi connectivity index (χ1v) is 7.47. The zero-order chi connectivity index (χ0) is 15.2. The van der Waals surface area contributed by atoms with E-state index in [0.29, 0.717) is 11.4 Å². The van der Waals surface area contributed by atoms with Crippen LogP contribution in [-0.2, 0) is 16.1 Å². The van der Waals surface area contributed by atoms with Gasteiger partial charge in [0.25, 0.3) is 5.91 Å². The number of esters is 1. The second kappa shape index (κ2) is 7.04. The summed E-state index contributed by atoms with van der Waals surface area (Å²) in [5.74, 6) is -0.774. The van der Waals surface area contributed by atoms with Crippen molar-refractivity contribution in [2.75, 3.05) is 6.61 Å². The van der Waals surface area contributed by atoms with E-state index in [1.54, 1.807) is 17.5 Å². The van der Waals surface area contributed by atoms with Crippen LogP contribution in [0, 0.1) is 13.8 Å². The molecule has 2 rings (SSSR count). The van der Waals surface area contributed by atoms with Crippen LogP contribution < -0.4 is 5.32 Å². The first-order valence-electron chi connectivity index (χ1n) is 6.59. The summed E-state index contributed by atoms with van der Waals surface area (Å²) in [6.07, 6.45) is 0. The van der Waals surface area contributed by atoms with E-state index in [0.717, 1.165) is 5.56 Å². The van der Waals surface area contributed by atoms with Gasteiger partial charge in [-0.3, -0.25) is 4.79 Å². The molecule has 0 bridgehead atoms. The van der Waals surface area contributed by atoms with Gasteiger partial charge < -0.3 is 10.1 Å². The van der Waals surface area contributed by atoms with Gasteiger partial charge in [-0.05, 0) is 42.0 Å². The Morgan fingerprint density at radius 1 is 1.19 bits per heavy atom. The Morgan fingerprint density at radius 3 is 2.67 bits per heavy atom. The van der Waals surface area contributed by atoms with Crippen molar-refractivity contribution in [2.45, 2.75) is 20.4 Å². The number of carbonyl (C=O) groups excluding carboxylic acids is 2. The minimum absolute atomic E-state index is 0.262. The van der Waals surface area contributed by atoms with Crippen LogP contribution in [0.1, 0.15) is 26.4 Å². The van der Waals surface area contributed by atoms with Crippen molar-refractivity contribution in [3.63, 3.8) is 0 Å². The highest BCUT2D eigenvalue weighted by Gasteiger charge is 2.10. The summed E-state index contributed by atoms with van der Waals surface area (Å²) in [6.45, 7) is 4.24. The Hall–Kier alpha value is -2.14. The SMILES string of the molecule is Cc1ccc(CNC(=O)COC(=O)c2cccs2)cc1C. The summed E-state index contributed by atoms with van der Waals surface area (Å²) in [4.78, 5) is 23.7. The molecule has 0 spiro atoms. The van der Waals surface area contributed by atoms with Gasteiger partial charge in [-0.1, -0.05) is 24.3 Å². The Morgan fingerprint density at radius 2 is 2.00 bits per heavy atom. The molecule has 0 aliphatic rings. The van der Waals surface area contributed by atoms with Crippen LogP contribution in [0.3, 0.4) is 0 Å². The van der Waals surface area contributed by atoms with Crippen LogP contribution in [0.4, 0.5) is 0 Å². The van der Waals surface area contributed by atoms with E-state index in [-0.39, 0.29) is 12.5 Å². The first-order chi connectivity index (χ1) is 10.1. The molecule has 1 heterocycles. The molecule has 1 amide bonds. The molecule has 2 aromatic rings. The summed E-state index contributed by atoms with van der Waals surface area (Å²) in [5, 5.41) is 4.52. The molecule has 1 aromatic heterocycles. The molecule has 0 fully saturated rings. The normalized spacial score (nSPS) is 10.2. The number of thiophene rings is 1. The van der Waals surface area contributed by atoms with Crippen molar-refractivity contribution in [1.29, 1.82) is 0 Å². The lowest BCUT2D eigenvalue weighted by atomic mass is 10.1. The predicted octanol–water partition coefficient (Wildman–Crippen LogP) is 2.84. The van der Waals surface area contributed by atoms with E-state index in [2.05, 4.69) is 5.32 Å². The number of ether oxygens (including phenoxy) is 1. The first kappa shape index (κ1) is 15.3. The maximum atomic E-state index is 11.7. The van der Waals surface area contributed by atoms with Crippen molar-refractivity contribution in [1.82, 2.24) is 5.32 Å². The van der Waals surface area contributed by atoms with Gasteiger partial charge in [0, 0.05) is 6.54 Å². The Bertz CT molecular complexity index is 635. The highest BCUT2D eigenvalue weighted by Crippen LogP contribution is 2.10. The zero-order valence-electron chi connectivity index (χ0n) is 12.0. The van der Waals surface area contributed by atoms with Crippen LogP contribution in [0.5, 0.6) is 0 Å². The van der Waals surface area contributed by atoms with E-state index in [9.17, 15) is 9.59 Å². The number of benzene rings is 1. The topological polar surface area (TPSA) is 55.4 Å². The van der Waals surface area contributed by atoms with Crippen molar-refractivity contribution in [3.05, 3.63) is 57.3 Å². The third kappa shape index (κ3) is 4.43.